The fraction of sp³-hybridized carbons (Fsp3) is 0.316. The van der Waals surface area contributed by atoms with Gasteiger partial charge in [0.15, 0.2) is 0 Å². The molecule has 6 nitrogen and oxygen atoms in total. The Morgan fingerprint density at radius 2 is 1.81 bits per heavy atom. The number of carbonyl (C=O) groups excluding carboxylic acids is 1. The van der Waals surface area contributed by atoms with Crippen molar-refractivity contribution in [2.45, 2.75) is 23.8 Å². The number of para-hydroxylation sites is 2. The molecule has 2 aromatic carbocycles. The van der Waals surface area contributed by atoms with Crippen LogP contribution in [0.15, 0.2) is 53.4 Å². The van der Waals surface area contributed by atoms with E-state index in [1.54, 1.807) is 24.3 Å². The van der Waals surface area contributed by atoms with Gasteiger partial charge >= 0.3 is 0 Å². The molecule has 7 heteroatoms. The van der Waals surface area contributed by atoms with Crippen LogP contribution in [0.1, 0.15) is 23.2 Å². The predicted molar refractivity (Wildman–Crippen MR) is 102 cm³/mol. The Kier molecular flexibility index (Phi) is 5.58. The van der Waals surface area contributed by atoms with Crippen molar-refractivity contribution in [3.63, 3.8) is 0 Å². The number of carbonyl (C=O) groups is 1. The number of benzene rings is 2. The zero-order valence-electron chi connectivity index (χ0n) is 14.7. The van der Waals surface area contributed by atoms with Gasteiger partial charge in [-0.3, -0.25) is 4.79 Å². The molecule has 1 unspecified atom stereocenters. The van der Waals surface area contributed by atoms with Gasteiger partial charge < -0.3 is 15.4 Å². The largest absolute Gasteiger partial charge is 0.488 e. The van der Waals surface area contributed by atoms with Gasteiger partial charge in [-0.25, -0.2) is 8.99 Å². The topological polar surface area (TPSA) is 91.3 Å². The normalized spacial score (nSPS) is 17.3. The molecule has 0 saturated carbocycles. The molecule has 1 fully saturated rings. The Bertz CT molecular complexity index is 873. The van der Waals surface area contributed by atoms with Crippen molar-refractivity contribution in [3.8, 4) is 5.75 Å². The summed E-state index contributed by atoms with van der Waals surface area (Å²) in [5.74, 6) is 0.387. The van der Waals surface area contributed by atoms with Crippen LogP contribution < -0.4 is 15.4 Å². The minimum absolute atomic E-state index is 0.142. The molecular weight excluding hydrogens is 350 g/mol. The Balaban J connectivity index is 1.73. The third kappa shape index (κ3) is 4.62. The number of amides is 1. The van der Waals surface area contributed by atoms with E-state index in [0.717, 1.165) is 25.9 Å². The van der Waals surface area contributed by atoms with Crippen molar-refractivity contribution < 1.29 is 13.7 Å². The number of piperidine rings is 1. The van der Waals surface area contributed by atoms with Gasteiger partial charge in [-0.15, -0.1) is 0 Å². The highest BCUT2D eigenvalue weighted by Gasteiger charge is 2.17. The van der Waals surface area contributed by atoms with E-state index >= 15 is 0 Å². The first-order chi connectivity index (χ1) is 12.4. The van der Waals surface area contributed by atoms with Gasteiger partial charge in [0.1, 0.15) is 11.9 Å². The number of anilines is 1. The van der Waals surface area contributed by atoms with Crippen molar-refractivity contribution in [2.24, 2.45) is 0 Å². The molecule has 1 heterocycles. The van der Waals surface area contributed by atoms with E-state index in [2.05, 4.69) is 10.6 Å². The van der Waals surface area contributed by atoms with E-state index in [9.17, 15) is 9.00 Å². The fourth-order valence-electron chi connectivity index (χ4n) is 2.83. The second kappa shape index (κ2) is 7.88. The summed E-state index contributed by atoms with van der Waals surface area (Å²) in [6.07, 6.45) is 3.37. The van der Waals surface area contributed by atoms with E-state index in [1.807, 2.05) is 24.3 Å². The van der Waals surface area contributed by atoms with Crippen molar-refractivity contribution in [1.82, 2.24) is 5.32 Å². The zero-order chi connectivity index (χ0) is 18.6. The Morgan fingerprint density at radius 3 is 2.46 bits per heavy atom. The van der Waals surface area contributed by atoms with Gasteiger partial charge in [0.05, 0.1) is 15.4 Å². The summed E-state index contributed by atoms with van der Waals surface area (Å²) in [6.45, 7) is 1.87. The summed E-state index contributed by atoms with van der Waals surface area (Å²) in [7, 11) is -2.78. The SMILES string of the molecule is CS(=N)(=O)c1ccc(C(=O)Nc2ccccc2OC2CCNCC2)cc1. The van der Waals surface area contributed by atoms with Gasteiger partial charge in [-0.2, -0.15) is 0 Å². The highest BCUT2D eigenvalue weighted by molar-refractivity contribution is 7.91. The maximum absolute atomic E-state index is 12.5. The summed E-state index contributed by atoms with van der Waals surface area (Å²) in [4.78, 5) is 12.9. The summed E-state index contributed by atoms with van der Waals surface area (Å²) < 4.78 is 25.4. The van der Waals surface area contributed by atoms with Crippen LogP contribution in [0.25, 0.3) is 0 Å². The molecule has 1 aliphatic heterocycles. The minimum atomic E-state index is -2.78. The molecule has 1 amide bonds. The van der Waals surface area contributed by atoms with Crippen LogP contribution in [0.3, 0.4) is 0 Å². The van der Waals surface area contributed by atoms with Crippen LogP contribution in [-0.2, 0) is 9.73 Å². The highest BCUT2D eigenvalue weighted by Crippen LogP contribution is 2.27. The van der Waals surface area contributed by atoms with Crippen molar-refractivity contribution in [3.05, 3.63) is 54.1 Å². The minimum Gasteiger partial charge on any atom is -0.488 e. The Labute approximate surface area is 153 Å². The van der Waals surface area contributed by atoms with Crippen LogP contribution in [0.4, 0.5) is 5.69 Å². The van der Waals surface area contributed by atoms with Gasteiger partial charge in [0.2, 0.25) is 0 Å². The van der Waals surface area contributed by atoms with E-state index < -0.39 is 9.73 Å². The van der Waals surface area contributed by atoms with Crippen LogP contribution in [-0.4, -0.2) is 35.6 Å². The highest BCUT2D eigenvalue weighted by atomic mass is 32.2. The summed E-state index contributed by atoms with van der Waals surface area (Å²) >= 11 is 0. The molecule has 3 rings (SSSR count). The molecule has 26 heavy (non-hydrogen) atoms. The Hall–Kier alpha value is -2.38. The smallest absolute Gasteiger partial charge is 0.255 e. The van der Waals surface area contributed by atoms with E-state index in [-0.39, 0.29) is 12.0 Å². The molecule has 0 radical (unpaired) electrons. The number of hydrogen-bond donors (Lipinski definition) is 3. The first kappa shape index (κ1) is 18.4. The van der Waals surface area contributed by atoms with Gasteiger partial charge in [-0.1, -0.05) is 12.1 Å². The lowest BCUT2D eigenvalue weighted by atomic mass is 10.1. The molecule has 0 aliphatic carbocycles. The lowest BCUT2D eigenvalue weighted by Crippen LogP contribution is -2.34. The van der Waals surface area contributed by atoms with Crippen LogP contribution in [0.5, 0.6) is 5.75 Å². The number of nitrogens with one attached hydrogen (secondary N) is 3. The van der Waals surface area contributed by atoms with Gasteiger partial charge in [-0.05, 0) is 62.3 Å². The third-order valence-electron chi connectivity index (χ3n) is 4.28. The molecule has 0 spiro atoms. The summed E-state index contributed by atoms with van der Waals surface area (Å²) in [5, 5.41) is 6.18. The summed E-state index contributed by atoms with van der Waals surface area (Å²) in [5.41, 5.74) is 1.06. The molecule has 3 N–H and O–H groups in total. The second-order valence-corrected chi connectivity index (χ2v) is 8.54. The lowest BCUT2D eigenvalue weighted by molar-refractivity contribution is 0.102. The maximum Gasteiger partial charge on any atom is 0.255 e. The molecule has 1 aliphatic rings. The predicted octanol–water partition coefficient (Wildman–Crippen LogP) is 3.11. The zero-order valence-corrected chi connectivity index (χ0v) is 15.5. The molecule has 0 bridgehead atoms. The van der Waals surface area contributed by atoms with Gasteiger partial charge in [0.25, 0.3) is 5.91 Å². The Morgan fingerprint density at radius 1 is 1.15 bits per heavy atom. The van der Waals surface area contributed by atoms with Crippen molar-refractivity contribution in [2.75, 3.05) is 24.7 Å². The summed E-state index contributed by atoms with van der Waals surface area (Å²) in [6, 6.07) is 13.7. The second-order valence-electron chi connectivity index (χ2n) is 6.39. The van der Waals surface area contributed by atoms with E-state index in [0.29, 0.717) is 21.9 Å². The van der Waals surface area contributed by atoms with E-state index in [1.165, 1.54) is 6.26 Å². The third-order valence-corrected chi connectivity index (χ3v) is 5.45. The quantitative estimate of drug-likeness (QED) is 0.751. The molecule has 1 atom stereocenters. The molecule has 138 valence electrons. The number of ether oxygens (including phenoxy) is 1. The first-order valence-corrected chi connectivity index (χ1v) is 10.5. The molecule has 1 saturated heterocycles. The average Bonchev–Trinajstić information content (AvgIpc) is 2.63. The van der Waals surface area contributed by atoms with Crippen LogP contribution in [0, 0.1) is 4.78 Å². The van der Waals surface area contributed by atoms with Crippen LogP contribution in [0.2, 0.25) is 0 Å². The average molecular weight is 373 g/mol. The lowest BCUT2D eigenvalue weighted by Gasteiger charge is -2.25. The fourth-order valence-corrected chi connectivity index (χ4v) is 3.48. The van der Waals surface area contributed by atoms with Crippen LogP contribution >= 0.6 is 0 Å². The van der Waals surface area contributed by atoms with Crippen molar-refractivity contribution >= 4 is 21.3 Å². The van der Waals surface area contributed by atoms with E-state index in [4.69, 9.17) is 9.52 Å². The number of rotatable bonds is 5. The first-order valence-electron chi connectivity index (χ1n) is 8.55. The molecular formula is C19H23N3O3S. The molecule has 0 aromatic heterocycles. The maximum atomic E-state index is 12.5. The standard InChI is InChI=1S/C19H23N3O3S/c1-26(20,24)16-8-6-14(7-9-16)19(23)22-17-4-2-3-5-18(17)25-15-10-12-21-13-11-15/h2-9,15,20-21H,10-13H2,1H3,(H,22,23). The number of hydrogen-bond acceptors (Lipinski definition) is 5. The monoisotopic (exact) mass is 373 g/mol. The molecule has 2 aromatic rings. The van der Waals surface area contributed by atoms with Gasteiger partial charge in [0, 0.05) is 16.7 Å². The van der Waals surface area contributed by atoms with Crippen molar-refractivity contribution in [1.29, 1.82) is 4.78 Å².